The summed E-state index contributed by atoms with van der Waals surface area (Å²) in [5.41, 5.74) is 7.54. The van der Waals surface area contributed by atoms with Crippen molar-refractivity contribution in [1.82, 2.24) is 0 Å². The van der Waals surface area contributed by atoms with Crippen LogP contribution in [0.3, 0.4) is 0 Å². The van der Waals surface area contributed by atoms with E-state index in [1.54, 1.807) is 69.8 Å². The van der Waals surface area contributed by atoms with Crippen molar-refractivity contribution in [3.8, 4) is 0 Å². The van der Waals surface area contributed by atoms with E-state index in [9.17, 15) is 0 Å². The molecule has 5 aliphatic rings. The predicted molar refractivity (Wildman–Crippen MR) is 134 cm³/mol. The van der Waals surface area contributed by atoms with Gasteiger partial charge in [-0.25, -0.2) is 0 Å². The van der Waals surface area contributed by atoms with Crippen molar-refractivity contribution in [2.24, 2.45) is 22.7 Å². The summed E-state index contributed by atoms with van der Waals surface area (Å²) in [5.74, 6) is 2.15. The average molecular weight is 512 g/mol. The Morgan fingerprint density at radius 3 is 1.67 bits per heavy atom. The molecule has 168 valence electrons. The molecule has 0 saturated heterocycles. The Bertz CT molecular complexity index is 1050. The fourth-order valence-corrected chi connectivity index (χ4v) is 14.9. The molecule has 0 spiro atoms. The van der Waals surface area contributed by atoms with E-state index in [-0.39, 0.29) is 0 Å². The number of hydrogen-bond acceptors (Lipinski definition) is 0. The molecule has 2 aromatic carbocycles. The summed E-state index contributed by atoms with van der Waals surface area (Å²) < 4.78 is 3.01. The molecule has 1 heteroatoms. The minimum absolute atomic E-state index is 0.720. The first-order valence-electron chi connectivity index (χ1n) is 13.6. The van der Waals surface area contributed by atoms with Crippen molar-refractivity contribution < 1.29 is 23.2 Å². The summed E-state index contributed by atoms with van der Waals surface area (Å²) in [6, 6.07) is 22.7. The molecule has 0 amide bonds. The standard InChI is InChI=1S/C17H13.C15H23.Zr/c1-3-8-14(9-4-1)16-12-7-13-17(16)15-10-5-2-6-11-15;1-5-14(6-2-12(1)9-14)11-15-7-3-13(10-15)4-8-15;/h1-6,8-12H,7H2;11-13H,1-10H2;. The summed E-state index contributed by atoms with van der Waals surface area (Å²) in [6.07, 6.45) is 19.5. The van der Waals surface area contributed by atoms with Gasteiger partial charge in [0.1, 0.15) is 0 Å². The van der Waals surface area contributed by atoms with Crippen LogP contribution in [0.4, 0.5) is 0 Å². The molecule has 0 aliphatic heterocycles. The van der Waals surface area contributed by atoms with Crippen LogP contribution in [0.1, 0.15) is 81.8 Å². The van der Waals surface area contributed by atoms with Crippen molar-refractivity contribution >= 4 is 11.1 Å². The Morgan fingerprint density at radius 2 is 1.18 bits per heavy atom. The van der Waals surface area contributed by atoms with E-state index in [2.05, 4.69) is 66.7 Å². The quantitative estimate of drug-likeness (QED) is 0.363. The van der Waals surface area contributed by atoms with Crippen molar-refractivity contribution in [3.63, 3.8) is 0 Å². The van der Waals surface area contributed by atoms with Crippen LogP contribution in [0.25, 0.3) is 11.1 Å². The summed E-state index contributed by atoms with van der Waals surface area (Å²) in [5, 5.41) is 0. The van der Waals surface area contributed by atoms with Gasteiger partial charge in [0.15, 0.2) is 0 Å². The first-order valence-corrected chi connectivity index (χ1v) is 16.2. The molecule has 0 radical (unpaired) electrons. The topological polar surface area (TPSA) is 0 Å². The van der Waals surface area contributed by atoms with Gasteiger partial charge < -0.3 is 0 Å². The Balaban J connectivity index is 1.32. The second kappa shape index (κ2) is 8.19. The zero-order valence-corrected chi connectivity index (χ0v) is 22.3. The molecule has 0 heterocycles. The summed E-state index contributed by atoms with van der Waals surface area (Å²) in [7, 11) is 0. The first-order chi connectivity index (χ1) is 16.2. The molecule has 5 aliphatic carbocycles. The molecule has 2 aromatic rings. The summed E-state index contributed by atoms with van der Waals surface area (Å²) in [6.45, 7) is 0. The van der Waals surface area contributed by atoms with Crippen molar-refractivity contribution in [3.05, 3.63) is 81.1 Å². The maximum atomic E-state index is 2.60. The van der Waals surface area contributed by atoms with Crippen molar-refractivity contribution in [1.29, 1.82) is 0 Å². The number of fused-ring (bicyclic) bond motifs is 4. The van der Waals surface area contributed by atoms with Crippen molar-refractivity contribution in [2.45, 2.75) is 74.3 Å². The van der Waals surface area contributed by atoms with Crippen molar-refractivity contribution in [2.75, 3.05) is 0 Å². The molecular weight excluding hydrogens is 476 g/mol. The Hall–Kier alpha value is -1.20. The van der Waals surface area contributed by atoms with Crippen LogP contribution in [0.5, 0.6) is 0 Å². The van der Waals surface area contributed by atoms with Gasteiger partial charge in [-0.2, -0.15) is 0 Å². The van der Waals surface area contributed by atoms with Crippen LogP contribution in [0.2, 0.25) is 3.63 Å². The molecule has 0 N–H and O–H groups in total. The fourth-order valence-electron chi connectivity index (χ4n) is 8.93. The van der Waals surface area contributed by atoms with Gasteiger partial charge in [0.05, 0.1) is 0 Å². The van der Waals surface area contributed by atoms with Gasteiger partial charge >= 0.3 is 212 Å². The summed E-state index contributed by atoms with van der Waals surface area (Å²) >= 11 is -0.720. The van der Waals surface area contributed by atoms with Gasteiger partial charge in [-0.1, -0.05) is 0 Å². The zero-order chi connectivity index (χ0) is 21.9. The molecule has 33 heavy (non-hydrogen) atoms. The van der Waals surface area contributed by atoms with E-state index in [1.165, 1.54) is 23.1 Å². The van der Waals surface area contributed by atoms with Crippen LogP contribution < -0.4 is 0 Å². The van der Waals surface area contributed by atoms with E-state index >= 15 is 0 Å². The van der Waals surface area contributed by atoms with Crippen LogP contribution >= 0.6 is 0 Å². The van der Waals surface area contributed by atoms with Gasteiger partial charge in [-0.3, -0.25) is 0 Å². The maximum absolute atomic E-state index is 2.60. The van der Waals surface area contributed by atoms with Gasteiger partial charge in [-0.05, 0) is 0 Å². The van der Waals surface area contributed by atoms with E-state index in [0.717, 1.165) is 26.3 Å². The second-order valence-corrected chi connectivity index (χ2v) is 15.6. The third-order valence-electron chi connectivity index (χ3n) is 10.4. The van der Waals surface area contributed by atoms with E-state index < -0.39 is 23.2 Å². The second-order valence-electron chi connectivity index (χ2n) is 12.0. The number of allylic oxidation sites excluding steroid dienone is 4. The zero-order valence-electron chi connectivity index (χ0n) is 19.9. The van der Waals surface area contributed by atoms with Crippen LogP contribution in [-0.2, 0) is 23.2 Å². The van der Waals surface area contributed by atoms with Gasteiger partial charge in [0.25, 0.3) is 0 Å². The third-order valence-corrected chi connectivity index (χ3v) is 16.1. The fraction of sp³-hybridized carbons (Fsp3) is 0.500. The molecule has 0 aromatic heterocycles. The molecule has 0 nitrogen and oxygen atoms in total. The van der Waals surface area contributed by atoms with Crippen LogP contribution in [0.15, 0.2) is 70.0 Å². The Labute approximate surface area is 211 Å². The Morgan fingerprint density at radius 1 is 0.667 bits per heavy atom. The van der Waals surface area contributed by atoms with Crippen LogP contribution in [0, 0.1) is 22.7 Å². The van der Waals surface area contributed by atoms with Gasteiger partial charge in [-0.15, -0.1) is 0 Å². The average Bonchev–Trinajstić information content (AvgIpc) is 3.70. The predicted octanol–water partition coefficient (Wildman–Crippen LogP) is 8.92. The van der Waals surface area contributed by atoms with E-state index in [0.29, 0.717) is 0 Å². The van der Waals surface area contributed by atoms with E-state index in [4.69, 9.17) is 0 Å². The monoisotopic (exact) mass is 510 g/mol. The van der Waals surface area contributed by atoms with Gasteiger partial charge in [0.2, 0.25) is 0 Å². The third kappa shape index (κ3) is 3.47. The molecule has 0 atom stereocenters. The minimum atomic E-state index is -0.720. The first kappa shape index (κ1) is 21.1. The molecule has 4 fully saturated rings. The summed E-state index contributed by atoms with van der Waals surface area (Å²) in [4.78, 5) is 0. The SMILES string of the molecule is C1=C(c2ccccc2)C(c2ccccc2)=[C]([Zr][CH](C23CCC(CC2)C3)C23CCC(CC2)C3)C1. The normalized spacial score (nSPS) is 35.3. The van der Waals surface area contributed by atoms with Gasteiger partial charge in [0, 0.05) is 0 Å². The Kier molecular flexibility index (Phi) is 5.24. The number of rotatable bonds is 6. The molecule has 0 unspecified atom stereocenters. The molecule has 4 bridgehead atoms. The number of hydrogen-bond donors (Lipinski definition) is 0. The molecular formula is C32H36Zr. The van der Waals surface area contributed by atoms with Crippen LogP contribution in [-0.4, -0.2) is 0 Å². The van der Waals surface area contributed by atoms with E-state index in [1.807, 2.05) is 3.28 Å². The number of benzene rings is 2. The molecule has 7 rings (SSSR count). The molecule has 4 saturated carbocycles.